The van der Waals surface area contributed by atoms with Crippen molar-refractivity contribution in [2.24, 2.45) is 0 Å². The fourth-order valence-corrected chi connectivity index (χ4v) is 6.63. The molecule has 0 spiro atoms. The number of hydrogen-bond acceptors (Lipinski definition) is 5. The summed E-state index contributed by atoms with van der Waals surface area (Å²) in [7, 11) is -4.20. The number of benzene rings is 4. The highest BCUT2D eigenvalue weighted by atomic mass is 79.9. The molecule has 0 fully saturated rings. The molecule has 1 N–H and O–H groups in total. The Balaban J connectivity index is 1.78. The largest absolute Gasteiger partial charge is 0.494 e. The second kappa shape index (κ2) is 16.4. The normalized spacial score (nSPS) is 11.8. The van der Waals surface area contributed by atoms with E-state index in [0.29, 0.717) is 24.6 Å². The van der Waals surface area contributed by atoms with E-state index in [9.17, 15) is 18.0 Å². The zero-order chi connectivity index (χ0) is 33.1. The van der Waals surface area contributed by atoms with Gasteiger partial charge in [-0.25, -0.2) is 8.42 Å². The molecule has 0 aliphatic carbocycles. The van der Waals surface area contributed by atoms with Crippen molar-refractivity contribution < 1.29 is 22.7 Å². The number of carbonyl (C=O) groups excluding carboxylic acids is 2. The number of sulfonamides is 1. The van der Waals surface area contributed by atoms with Crippen LogP contribution in [0.25, 0.3) is 0 Å². The van der Waals surface area contributed by atoms with Crippen molar-refractivity contribution in [2.75, 3.05) is 24.0 Å². The molecule has 2 amide bonds. The third-order valence-corrected chi connectivity index (χ3v) is 9.73. The molecule has 0 saturated carbocycles. The maximum atomic E-state index is 14.5. The maximum absolute atomic E-state index is 14.5. The third kappa shape index (κ3) is 9.20. The van der Waals surface area contributed by atoms with Gasteiger partial charge in [0.1, 0.15) is 18.3 Å². The van der Waals surface area contributed by atoms with Crippen molar-refractivity contribution in [3.8, 4) is 5.75 Å². The van der Waals surface area contributed by atoms with Crippen molar-refractivity contribution in [1.29, 1.82) is 0 Å². The Hall–Kier alpha value is -4.15. The first kappa shape index (κ1) is 34.7. The number of rotatable bonds is 15. The van der Waals surface area contributed by atoms with Gasteiger partial charge in [0.25, 0.3) is 10.0 Å². The molecule has 0 aliphatic rings. The summed E-state index contributed by atoms with van der Waals surface area (Å²) in [4.78, 5) is 29.8. The zero-order valence-corrected chi connectivity index (χ0v) is 28.8. The first-order chi connectivity index (χ1) is 22.1. The first-order valence-electron chi connectivity index (χ1n) is 15.3. The summed E-state index contributed by atoms with van der Waals surface area (Å²) in [6.07, 6.45) is 0.987. The Morgan fingerprint density at radius 3 is 2.11 bits per heavy atom. The molecule has 0 saturated heterocycles. The molecular formula is C36H40BrN3O5S. The Kier molecular flexibility index (Phi) is 12.4. The molecule has 1 atom stereocenters. The Labute approximate surface area is 280 Å². The van der Waals surface area contributed by atoms with E-state index >= 15 is 0 Å². The molecule has 0 aromatic heterocycles. The van der Waals surface area contributed by atoms with E-state index in [1.54, 1.807) is 36.4 Å². The average Bonchev–Trinajstić information content (AvgIpc) is 3.06. The monoisotopic (exact) mass is 705 g/mol. The van der Waals surface area contributed by atoms with Gasteiger partial charge in [-0.15, -0.1) is 0 Å². The first-order valence-corrected chi connectivity index (χ1v) is 17.5. The van der Waals surface area contributed by atoms with Gasteiger partial charge in [0.2, 0.25) is 11.8 Å². The number of hydrogen-bond donors (Lipinski definition) is 1. The minimum Gasteiger partial charge on any atom is -0.494 e. The molecular weight excluding hydrogens is 666 g/mol. The van der Waals surface area contributed by atoms with E-state index in [-0.39, 0.29) is 23.8 Å². The fourth-order valence-electron chi connectivity index (χ4n) is 4.95. The fraction of sp³-hybridized carbons (Fsp3) is 0.278. The lowest BCUT2D eigenvalue weighted by molar-refractivity contribution is -0.140. The smallest absolute Gasteiger partial charge is 0.264 e. The summed E-state index contributed by atoms with van der Waals surface area (Å²) in [6, 6.07) is 29.2. The lowest BCUT2D eigenvalue weighted by Crippen LogP contribution is -2.53. The van der Waals surface area contributed by atoms with Gasteiger partial charge in [0.05, 0.1) is 17.2 Å². The van der Waals surface area contributed by atoms with Gasteiger partial charge >= 0.3 is 0 Å². The summed E-state index contributed by atoms with van der Waals surface area (Å²) in [5.74, 6) is -0.264. The second-order valence-corrected chi connectivity index (χ2v) is 13.7. The topological polar surface area (TPSA) is 96.0 Å². The number of amides is 2. The number of nitrogens with zero attached hydrogens (tertiary/aromatic N) is 2. The molecule has 0 bridgehead atoms. The van der Waals surface area contributed by atoms with Crippen LogP contribution < -0.4 is 14.4 Å². The van der Waals surface area contributed by atoms with Gasteiger partial charge < -0.3 is 15.0 Å². The third-order valence-electron chi connectivity index (χ3n) is 7.41. The average molecular weight is 707 g/mol. The summed E-state index contributed by atoms with van der Waals surface area (Å²) in [5, 5.41) is 2.96. The van der Waals surface area contributed by atoms with Crippen LogP contribution >= 0.6 is 15.9 Å². The highest BCUT2D eigenvalue weighted by molar-refractivity contribution is 9.10. The molecule has 8 nitrogen and oxygen atoms in total. The second-order valence-electron chi connectivity index (χ2n) is 10.9. The van der Waals surface area contributed by atoms with E-state index in [1.807, 2.05) is 75.4 Å². The van der Waals surface area contributed by atoms with Crippen LogP contribution in [0.1, 0.15) is 37.0 Å². The Morgan fingerprint density at radius 2 is 1.50 bits per heavy atom. The maximum Gasteiger partial charge on any atom is 0.264 e. The van der Waals surface area contributed by atoms with Crippen LogP contribution in [-0.4, -0.2) is 50.9 Å². The van der Waals surface area contributed by atoms with E-state index in [2.05, 4.69) is 21.2 Å². The quantitative estimate of drug-likeness (QED) is 0.152. The van der Waals surface area contributed by atoms with Crippen LogP contribution in [0, 0.1) is 6.92 Å². The van der Waals surface area contributed by atoms with Crippen LogP contribution in [0.4, 0.5) is 5.69 Å². The molecule has 0 unspecified atom stereocenters. The molecule has 10 heteroatoms. The molecule has 4 aromatic carbocycles. The lowest BCUT2D eigenvalue weighted by Gasteiger charge is -2.34. The molecule has 0 heterocycles. The SMILES string of the molecule is CCCNC(=O)[C@H](Cc1ccccc1)N(Cc1ccc(Br)cc1)C(=O)CN(c1ccc(C)cc1)S(=O)(=O)c1ccc(OCC)cc1. The lowest BCUT2D eigenvalue weighted by atomic mass is 10.0. The minimum atomic E-state index is -4.20. The van der Waals surface area contributed by atoms with Gasteiger partial charge in [0.15, 0.2) is 0 Å². The van der Waals surface area contributed by atoms with Crippen LogP contribution in [-0.2, 0) is 32.6 Å². The van der Waals surface area contributed by atoms with Crippen molar-refractivity contribution in [2.45, 2.75) is 51.1 Å². The Morgan fingerprint density at radius 1 is 0.848 bits per heavy atom. The van der Waals surface area contributed by atoms with Gasteiger partial charge in [-0.1, -0.05) is 83.0 Å². The summed E-state index contributed by atoms with van der Waals surface area (Å²) < 4.78 is 35.9. The van der Waals surface area contributed by atoms with Gasteiger partial charge in [-0.3, -0.25) is 13.9 Å². The Bertz CT molecular complexity index is 1680. The van der Waals surface area contributed by atoms with Crippen LogP contribution in [0.15, 0.2) is 112 Å². The summed E-state index contributed by atoms with van der Waals surface area (Å²) >= 11 is 3.46. The van der Waals surface area contributed by atoms with Crippen molar-refractivity contribution in [3.63, 3.8) is 0 Å². The van der Waals surface area contributed by atoms with Crippen LogP contribution in [0.3, 0.4) is 0 Å². The van der Waals surface area contributed by atoms with Crippen molar-refractivity contribution >= 4 is 43.5 Å². The van der Waals surface area contributed by atoms with Crippen LogP contribution in [0.2, 0.25) is 0 Å². The highest BCUT2D eigenvalue weighted by Gasteiger charge is 2.34. The van der Waals surface area contributed by atoms with Crippen LogP contribution in [0.5, 0.6) is 5.75 Å². The van der Waals surface area contributed by atoms with E-state index in [4.69, 9.17) is 4.74 Å². The predicted molar refractivity (Wildman–Crippen MR) is 185 cm³/mol. The standard InChI is InChI=1S/C36H40BrN3O5S/c1-4-23-38-36(42)34(24-28-9-7-6-8-10-28)39(25-29-13-15-30(37)16-14-29)35(41)26-40(31-17-11-27(3)12-18-31)46(43,44)33-21-19-32(20-22-33)45-5-2/h6-22,34H,4-5,23-26H2,1-3H3,(H,38,42)/t34-/m0/s1. The molecule has 46 heavy (non-hydrogen) atoms. The zero-order valence-electron chi connectivity index (χ0n) is 26.4. The van der Waals surface area contributed by atoms with Crippen molar-refractivity contribution in [3.05, 3.63) is 124 Å². The number of anilines is 1. The van der Waals surface area contributed by atoms with Gasteiger partial charge in [-0.05, 0) is 79.9 Å². The summed E-state index contributed by atoms with van der Waals surface area (Å²) in [5.41, 5.74) is 2.96. The van der Waals surface area contributed by atoms with Gasteiger partial charge in [0, 0.05) is 24.0 Å². The van der Waals surface area contributed by atoms with Gasteiger partial charge in [-0.2, -0.15) is 0 Å². The molecule has 0 radical (unpaired) electrons. The number of nitrogens with one attached hydrogen (secondary N) is 1. The number of ether oxygens (including phenoxy) is 1. The number of carbonyl (C=O) groups is 2. The predicted octanol–water partition coefficient (Wildman–Crippen LogP) is 6.52. The number of halogens is 1. The summed E-state index contributed by atoms with van der Waals surface area (Å²) in [6.45, 7) is 6.20. The minimum absolute atomic E-state index is 0.0188. The number of aryl methyl sites for hydroxylation is 1. The highest BCUT2D eigenvalue weighted by Crippen LogP contribution is 2.27. The van der Waals surface area contributed by atoms with E-state index < -0.39 is 28.5 Å². The molecule has 4 rings (SSSR count). The van der Waals surface area contributed by atoms with E-state index in [0.717, 1.165) is 31.9 Å². The molecule has 4 aromatic rings. The van der Waals surface area contributed by atoms with Crippen molar-refractivity contribution in [1.82, 2.24) is 10.2 Å². The molecule has 242 valence electrons. The molecule has 0 aliphatic heterocycles. The van der Waals surface area contributed by atoms with E-state index in [1.165, 1.54) is 17.0 Å².